The van der Waals surface area contributed by atoms with Crippen LogP contribution in [0.15, 0.2) is 0 Å². The third-order valence-corrected chi connectivity index (χ3v) is 3.99. The van der Waals surface area contributed by atoms with Gasteiger partial charge in [-0.2, -0.15) is 0 Å². The Hall–Kier alpha value is -0.120. The van der Waals surface area contributed by atoms with E-state index >= 15 is 0 Å². The maximum atomic E-state index is 10.2. The van der Waals surface area contributed by atoms with Gasteiger partial charge in [0.2, 0.25) is 0 Å². The minimum atomic E-state index is -0.336. The number of aliphatic hydroxyl groups excluding tert-OH is 1. The second-order valence-electron chi connectivity index (χ2n) is 5.35. The van der Waals surface area contributed by atoms with Crippen LogP contribution in [-0.4, -0.2) is 36.1 Å². The van der Waals surface area contributed by atoms with Crippen molar-refractivity contribution in [2.45, 2.75) is 69.7 Å². The summed E-state index contributed by atoms with van der Waals surface area (Å²) in [5.74, 6) is 0. The molecule has 0 aliphatic carbocycles. The minimum Gasteiger partial charge on any atom is -0.390 e. The van der Waals surface area contributed by atoms with Crippen LogP contribution in [-0.2, 0) is 9.47 Å². The van der Waals surface area contributed by atoms with Gasteiger partial charge in [0.15, 0.2) is 0 Å². The van der Waals surface area contributed by atoms with Crippen LogP contribution in [0.5, 0.6) is 0 Å². The van der Waals surface area contributed by atoms with Crippen molar-refractivity contribution < 1.29 is 14.6 Å². The normalized spacial score (nSPS) is 37.5. The van der Waals surface area contributed by atoms with Crippen molar-refractivity contribution in [3.05, 3.63) is 0 Å². The van der Waals surface area contributed by atoms with Gasteiger partial charge in [-0.25, -0.2) is 0 Å². The summed E-state index contributed by atoms with van der Waals surface area (Å²) in [6.07, 6.45) is 7.44. The van der Waals surface area contributed by atoms with Crippen LogP contribution in [0.25, 0.3) is 0 Å². The third kappa shape index (κ3) is 2.96. The molecule has 0 amide bonds. The largest absolute Gasteiger partial charge is 0.390 e. The SMILES string of the molecule is CC1(C(O)CCC2CCCO2)CCCCO1. The van der Waals surface area contributed by atoms with Crippen LogP contribution >= 0.6 is 0 Å². The van der Waals surface area contributed by atoms with Gasteiger partial charge < -0.3 is 14.6 Å². The van der Waals surface area contributed by atoms with Gasteiger partial charge in [0.25, 0.3) is 0 Å². The molecule has 3 heteroatoms. The smallest absolute Gasteiger partial charge is 0.0912 e. The van der Waals surface area contributed by atoms with E-state index < -0.39 is 0 Å². The summed E-state index contributed by atoms with van der Waals surface area (Å²) < 4.78 is 11.3. The van der Waals surface area contributed by atoms with Gasteiger partial charge in [0.1, 0.15) is 0 Å². The zero-order valence-corrected chi connectivity index (χ0v) is 10.3. The lowest BCUT2D eigenvalue weighted by atomic mass is 9.87. The number of hydrogen-bond acceptors (Lipinski definition) is 3. The van der Waals surface area contributed by atoms with E-state index in [1.165, 1.54) is 12.8 Å². The zero-order chi connectivity index (χ0) is 11.4. The lowest BCUT2D eigenvalue weighted by molar-refractivity contribution is -0.140. The Bertz CT molecular complexity index is 205. The van der Waals surface area contributed by atoms with Crippen molar-refractivity contribution >= 4 is 0 Å². The predicted octanol–water partition coefficient (Wildman–Crippen LogP) is 2.27. The van der Waals surface area contributed by atoms with Gasteiger partial charge in [-0.15, -0.1) is 0 Å². The molecular weight excluding hydrogens is 204 g/mol. The first-order valence-electron chi connectivity index (χ1n) is 6.64. The molecule has 0 spiro atoms. The fourth-order valence-corrected chi connectivity index (χ4v) is 2.74. The summed E-state index contributed by atoms with van der Waals surface area (Å²) in [4.78, 5) is 0. The number of rotatable bonds is 4. The van der Waals surface area contributed by atoms with E-state index in [1.54, 1.807) is 0 Å². The molecule has 0 aromatic heterocycles. The van der Waals surface area contributed by atoms with Gasteiger partial charge >= 0.3 is 0 Å². The van der Waals surface area contributed by atoms with Crippen LogP contribution in [0.4, 0.5) is 0 Å². The van der Waals surface area contributed by atoms with Crippen molar-refractivity contribution in [3.8, 4) is 0 Å². The Labute approximate surface area is 98.1 Å². The summed E-state index contributed by atoms with van der Waals surface area (Å²) in [5.41, 5.74) is -0.309. The van der Waals surface area contributed by atoms with Crippen molar-refractivity contribution in [1.29, 1.82) is 0 Å². The van der Waals surface area contributed by atoms with Crippen molar-refractivity contribution in [3.63, 3.8) is 0 Å². The van der Waals surface area contributed by atoms with Crippen LogP contribution in [0.2, 0.25) is 0 Å². The Kier molecular flexibility index (Phi) is 4.22. The number of aliphatic hydroxyl groups is 1. The molecule has 3 atom stereocenters. The molecule has 0 saturated carbocycles. The summed E-state index contributed by atoms with van der Waals surface area (Å²) in [5, 5.41) is 10.2. The average Bonchev–Trinajstić information content (AvgIpc) is 2.79. The van der Waals surface area contributed by atoms with Gasteiger partial charge in [-0.05, 0) is 51.9 Å². The van der Waals surface area contributed by atoms with Gasteiger partial charge in [0, 0.05) is 13.2 Å². The first-order valence-corrected chi connectivity index (χ1v) is 6.64. The highest BCUT2D eigenvalue weighted by Crippen LogP contribution is 2.31. The van der Waals surface area contributed by atoms with Gasteiger partial charge in [-0.3, -0.25) is 0 Å². The standard InChI is InChI=1S/C13H24O3/c1-13(8-2-3-10-16-13)12(14)7-6-11-5-4-9-15-11/h11-12,14H,2-10H2,1H3. The monoisotopic (exact) mass is 228 g/mol. The molecule has 2 aliphatic heterocycles. The lowest BCUT2D eigenvalue weighted by Gasteiger charge is -2.38. The molecule has 2 fully saturated rings. The molecule has 16 heavy (non-hydrogen) atoms. The van der Waals surface area contributed by atoms with Crippen LogP contribution in [0.3, 0.4) is 0 Å². The second kappa shape index (κ2) is 5.48. The number of hydrogen-bond donors (Lipinski definition) is 1. The molecule has 2 heterocycles. The molecule has 0 aromatic rings. The predicted molar refractivity (Wildman–Crippen MR) is 62.4 cm³/mol. The van der Waals surface area contributed by atoms with Gasteiger partial charge in [0.05, 0.1) is 17.8 Å². The lowest BCUT2D eigenvalue weighted by Crippen LogP contribution is -2.44. The Morgan fingerprint density at radius 1 is 1.31 bits per heavy atom. The molecule has 3 nitrogen and oxygen atoms in total. The molecule has 2 saturated heterocycles. The summed E-state index contributed by atoms with van der Waals surface area (Å²) in [6.45, 7) is 3.74. The highest BCUT2D eigenvalue weighted by molar-refractivity contribution is 4.87. The third-order valence-electron chi connectivity index (χ3n) is 3.99. The molecule has 3 unspecified atom stereocenters. The molecule has 0 bridgehead atoms. The Balaban J connectivity index is 1.74. The summed E-state index contributed by atoms with van der Waals surface area (Å²) in [7, 11) is 0. The van der Waals surface area contributed by atoms with E-state index in [1.807, 2.05) is 6.92 Å². The van der Waals surface area contributed by atoms with Gasteiger partial charge in [-0.1, -0.05) is 0 Å². The topological polar surface area (TPSA) is 38.7 Å². The number of ether oxygens (including phenoxy) is 2. The van der Waals surface area contributed by atoms with Crippen LogP contribution in [0.1, 0.15) is 51.9 Å². The molecule has 1 N–H and O–H groups in total. The maximum absolute atomic E-state index is 10.2. The van der Waals surface area contributed by atoms with E-state index in [0.29, 0.717) is 6.10 Å². The van der Waals surface area contributed by atoms with Crippen molar-refractivity contribution in [2.24, 2.45) is 0 Å². The highest BCUT2D eigenvalue weighted by atomic mass is 16.5. The van der Waals surface area contributed by atoms with Crippen molar-refractivity contribution in [1.82, 2.24) is 0 Å². The Morgan fingerprint density at radius 3 is 2.81 bits per heavy atom. The minimum absolute atomic E-state index is 0.309. The first-order chi connectivity index (χ1) is 7.71. The molecule has 94 valence electrons. The van der Waals surface area contributed by atoms with Crippen molar-refractivity contribution in [2.75, 3.05) is 13.2 Å². The molecule has 2 aliphatic rings. The second-order valence-corrected chi connectivity index (χ2v) is 5.35. The highest BCUT2D eigenvalue weighted by Gasteiger charge is 2.35. The van der Waals surface area contributed by atoms with Crippen LogP contribution in [0, 0.1) is 0 Å². The molecule has 0 aromatic carbocycles. The van der Waals surface area contributed by atoms with E-state index in [9.17, 15) is 5.11 Å². The van der Waals surface area contributed by atoms with Crippen LogP contribution < -0.4 is 0 Å². The summed E-state index contributed by atoms with van der Waals surface area (Å²) >= 11 is 0. The maximum Gasteiger partial charge on any atom is 0.0912 e. The molecule has 0 radical (unpaired) electrons. The fraction of sp³-hybridized carbons (Fsp3) is 1.00. The fourth-order valence-electron chi connectivity index (χ4n) is 2.74. The Morgan fingerprint density at radius 2 is 2.19 bits per heavy atom. The first kappa shape index (κ1) is 12.3. The molecular formula is C13H24O3. The van der Waals surface area contributed by atoms with E-state index in [2.05, 4.69) is 0 Å². The average molecular weight is 228 g/mol. The zero-order valence-electron chi connectivity index (χ0n) is 10.3. The quantitative estimate of drug-likeness (QED) is 0.802. The van der Waals surface area contributed by atoms with E-state index in [4.69, 9.17) is 9.47 Å². The van der Waals surface area contributed by atoms with E-state index in [-0.39, 0.29) is 11.7 Å². The van der Waals surface area contributed by atoms with E-state index in [0.717, 1.165) is 45.3 Å². The molecule has 2 rings (SSSR count). The summed E-state index contributed by atoms with van der Waals surface area (Å²) in [6, 6.07) is 0.